The van der Waals surface area contributed by atoms with Crippen LogP contribution in [0.5, 0.6) is 0 Å². The molecule has 2 N–H and O–H groups in total. The number of carbonyl (C=O) groups is 1. The zero-order valence-corrected chi connectivity index (χ0v) is 13.0. The quantitative estimate of drug-likeness (QED) is 0.911. The Labute approximate surface area is 135 Å². The van der Waals surface area contributed by atoms with Crippen molar-refractivity contribution in [1.82, 2.24) is 19.9 Å². The van der Waals surface area contributed by atoms with E-state index >= 15 is 0 Å². The Bertz CT molecular complexity index is 698. The van der Waals surface area contributed by atoms with E-state index in [0.29, 0.717) is 17.5 Å². The summed E-state index contributed by atoms with van der Waals surface area (Å²) in [5, 5.41) is 8.56. The van der Waals surface area contributed by atoms with Crippen molar-refractivity contribution in [3.8, 4) is 5.69 Å². The molecule has 2 heterocycles. The summed E-state index contributed by atoms with van der Waals surface area (Å²) in [7, 11) is 0. The van der Waals surface area contributed by atoms with E-state index in [4.69, 9.17) is 5.73 Å². The molecule has 1 saturated heterocycles. The Morgan fingerprint density at radius 3 is 2.78 bits per heavy atom. The summed E-state index contributed by atoms with van der Waals surface area (Å²) >= 11 is 0. The van der Waals surface area contributed by atoms with Gasteiger partial charge in [-0.15, -0.1) is 5.10 Å². The van der Waals surface area contributed by atoms with E-state index in [1.54, 1.807) is 6.20 Å². The second-order valence-electron chi connectivity index (χ2n) is 6.58. The number of benzene rings is 1. The predicted molar refractivity (Wildman–Crippen MR) is 86.1 cm³/mol. The monoisotopic (exact) mass is 311 g/mol. The van der Waals surface area contributed by atoms with Crippen molar-refractivity contribution in [3.63, 3.8) is 0 Å². The van der Waals surface area contributed by atoms with Crippen molar-refractivity contribution < 1.29 is 4.79 Å². The molecule has 1 saturated carbocycles. The largest absolute Gasteiger partial charge is 0.337 e. The lowest BCUT2D eigenvalue weighted by molar-refractivity contribution is 0.0777. The lowest BCUT2D eigenvalue weighted by atomic mass is 9.78. The number of fused-ring (bicyclic) bond motifs is 1. The average Bonchev–Trinajstić information content (AvgIpc) is 3.23. The highest BCUT2D eigenvalue weighted by atomic mass is 16.2. The number of amides is 1. The van der Waals surface area contributed by atoms with Crippen LogP contribution in [-0.2, 0) is 0 Å². The molecule has 23 heavy (non-hydrogen) atoms. The van der Waals surface area contributed by atoms with Crippen molar-refractivity contribution in [2.75, 3.05) is 13.1 Å². The maximum absolute atomic E-state index is 12.7. The molecular weight excluding hydrogens is 290 g/mol. The van der Waals surface area contributed by atoms with Crippen LogP contribution in [-0.4, -0.2) is 44.9 Å². The molecule has 2 aromatic rings. The summed E-state index contributed by atoms with van der Waals surface area (Å²) in [5.41, 5.74) is 7.49. The van der Waals surface area contributed by atoms with Crippen LogP contribution in [0.1, 0.15) is 29.8 Å². The van der Waals surface area contributed by atoms with E-state index in [1.807, 2.05) is 35.2 Å². The highest BCUT2D eigenvalue weighted by Crippen LogP contribution is 2.35. The first kappa shape index (κ1) is 14.4. The van der Waals surface area contributed by atoms with Crippen molar-refractivity contribution >= 4 is 5.91 Å². The van der Waals surface area contributed by atoms with Crippen LogP contribution < -0.4 is 5.73 Å². The van der Waals surface area contributed by atoms with Crippen LogP contribution in [0.15, 0.2) is 36.5 Å². The Morgan fingerprint density at radius 1 is 1.17 bits per heavy atom. The van der Waals surface area contributed by atoms with Gasteiger partial charge in [0.2, 0.25) is 0 Å². The first-order valence-electron chi connectivity index (χ1n) is 8.25. The van der Waals surface area contributed by atoms with Gasteiger partial charge < -0.3 is 10.6 Å². The molecule has 1 amide bonds. The molecule has 0 spiro atoms. The second-order valence-corrected chi connectivity index (χ2v) is 6.58. The third kappa shape index (κ3) is 2.63. The third-order valence-corrected chi connectivity index (χ3v) is 5.14. The standard InChI is InChI=1S/C17H21N5O/c18-15-8-4-5-12-10-21(11-14(12)15)17(23)16-9-19-22(20-16)13-6-2-1-3-7-13/h1-3,6-7,9,12,14-15H,4-5,8,10-11,18H2. The van der Waals surface area contributed by atoms with Crippen molar-refractivity contribution in [2.45, 2.75) is 25.3 Å². The number of hydrogen-bond donors (Lipinski definition) is 1. The Morgan fingerprint density at radius 2 is 2.00 bits per heavy atom. The van der Waals surface area contributed by atoms with Crippen molar-refractivity contribution in [2.24, 2.45) is 17.6 Å². The predicted octanol–water partition coefficient (Wildman–Crippen LogP) is 1.47. The number of para-hydroxylation sites is 1. The Kier molecular flexibility index (Phi) is 3.61. The number of carbonyl (C=O) groups excluding carboxylic acids is 1. The summed E-state index contributed by atoms with van der Waals surface area (Å²) in [5.74, 6) is 0.956. The van der Waals surface area contributed by atoms with E-state index in [2.05, 4.69) is 10.2 Å². The molecule has 1 aliphatic heterocycles. The number of rotatable bonds is 2. The first-order valence-corrected chi connectivity index (χ1v) is 8.25. The highest BCUT2D eigenvalue weighted by Gasteiger charge is 2.41. The molecule has 1 aromatic carbocycles. The van der Waals surface area contributed by atoms with Gasteiger partial charge in [0, 0.05) is 19.1 Å². The number of nitrogens with zero attached hydrogens (tertiary/aromatic N) is 4. The minimum absolute atomic E-state index is 0.0335. The van der Waals surface area contributed by atoms with Crippen LogP contribution in [0.25, 0.3) is 5.69 Å². The molecule has 1 aliphatic carbocycles. The van der Waals surface area contributed by atoms with Gasteiger partial charge in [0.05, 0.1) is 11.9 Å². The molecular formula is C17H21N5O. The van der Waals surface area contributed by atoms with Gasteiger partial charge in [-0.05, 0) is 36.8 Å². The second kappa shape index (κ2) is 5.77. The van der Waals surface area contributed by atoms with E-state index in [1.165, 1.54) is 17.6 Å². The normalized spacial score (nSPS) is 27.0. The van der Waals surface area contributed by atoms with Crippen molar-refractivity contribution in [3.05, 3.63) is 42.2 Å². The molecule has 1 aromatic heterocycles. The number of nitrogens with two attached hydrogens (primary N) is 1. The van der Waals surface area contributed by atoms with E-state index in [-0.39, 0.29) is 11.9 Å². The van der Waals surface area contributed by atoms with Crippen LogP contribution in [0.3, 0.4) is 0 Å². The fourth-order valence-corrected chi connectivity index (χ4v) is 3.89. The molecule has 3 unspecified atom stereocenters. The van der Waals surface area contributed by atoms with Crippen LogP contribution in [0.2, 0.25) is 0 Å². The van der Waals surface area contributed by atoms with Gasteiger partial charge in [0.25, 0.3) is 5.91 Å². The van der Waals surface area contributed by atoms with E-state index in [9.17, 15) is 4.79 Å². The first-order chi connectivity index (χ1) is 11.2. The topological polar surface area (TPSA) is 77.0 Å². The summed E-state index contributed by atoms with van der Waals surface area (Å²) in [4.78, 5) is 16.1. The van der Waals surface area contributed by atoms with E-state index in [0.717, 1.165) is 25.2 Å². The minimum Gasteiger partial charge on any atom is -0.337 e. The molecule has 6 nitrogen and oxygen atoms in total. The minimum atomic E-state index is -0.0335. The number of hydrogen-bond acceptors (Lipinski definition) is 4. The summed E-state index contributed by atoms with van der Waals surface area (Å²) in [6.07, 6.45) is 4.98. The summed E-state index contributed by atoms with van der Waals surface area (Å²) in [6, 6.07) is 9.84. The molecule has 2 aliphatic rings. The van der Waals surface area contributed by atoms with Crippen molar-refractivity contribution in [1.29, 1.82) is 0 Å². The summed E-state index contributed by atoms with van der Waals surface area (Å²) in [6.45, 7) is 1.55. The van der Waals surface area contributed by atoms with Gasteiger partial charge in [-0.3, -0.25) is 4.79 Å². The van der Waals surface area contributed by atoms with Crippen LogP contribution in [0.4, 0.5) is 0 Å². The lowest BCUT2D eigenvalue weighted by Gasteiger charge is -2.29. The van der Waals surface area contributed by atoms with Gasteiger partial charge >= 0.3 is 0 Å². The Hall–Kier alpha value is -2.21. The van der Waals surface area contributed by atoms with Crippen LogP contribution >= 0.6 is 0 Å². The third-order valence-electron chi connectivity index (χ3n) is 5.14. The SMILES string of the molecule is NC1CCCC2CN(C(=O)c3cnn(-c4ccccc4)n3)CC12. The zero-order valence-electron chi connectivity index (χ0n) is 13.0. The molecule has 120 valence electrons. The molecule has 0 radical (unpaired) electrons. The van der Waals surface area contributed by atoms with Gasteiger partial charge in [-0.1, -0.05) is 24.6 Å². The maximum Gasteiger partial charge on any atom is 0.276 e. The smallest absolute Gasteiger partial charge is 0.276 e. The van der Waals surface area contributed by atoms with Crippen LogP contribution in [0, 0.1) is 11.8 Å². The fraction of sp³-hybridized carbons (Fsp3) is 0.471. The molecule has 2 fully saturated rings. The molecule has 4 rings (SSSR count). The maximum atomic E-state index is 12.7. The number of aromatic nitrogens is 3. The highest BCUT2D eigenvalue weighted by molar-refractivity contribution is 5.92. The van der Waals surface area contributed by atoms with Gasteiger partial charge in [-0.2, -0.15) is 9.90 Å². The summed E-state index contributed by atoms with van der Waals surface area (Å²) < 4.78 is 0. The fourth-order valence-electron chi connectivity index (χ4n) is 3.89. The zero-order chi connectivity index (χ0) is 15.8. The number of likely N-dealkylation sites (tertiary alicyclic amines) is 1. The molecule has 0 bridgehead atoms. The van der Waals surface area contributed by atoms with Gasteiger partial charge in [0.15, 0.2) is 5.69 Å². The lowest BCUT2D eigenvalue weighted by Crippen LogP contribution is -2.38. The van der Waals surface area contributed by atoms with E-state index < -0.39 is 0 Å². The Balaban J connectivity index is 1.51. The molecule has 6 heteroatoms. The van der Waals surface area contributed by atoms with Gasteiger partial charge in [0.1, 0.15) is 0 Å². The average molecular weight is 311 g/mol. The molecule has 3 atom stereocenters. The van der Waals surface area contributed by atoms with Gasteiger partial charge in [-0.25, -0.2) is 0 Å².